The van der Waals surface area contributed by atoms with Crippen LogP contribution in [0.15, 0.2) is 24.4 Å². The number of nitrogens with one attached hydrogen (secondary N) is 3. The monoisotopic (exact) mass is 591 g/mol. The number of rotatable bonds is 10. The number of hydrogen-bond donors (Lipinski definition) is 3. The summed E-state index contributed by atoms with van der Waals surface area (Å²) < 4.78 is 90.3. The molecule has 1 saturated carbocycles. The second kappa shape index (κ2) is 12.0. The van der Waals surface area contributed by atoms with E-state index in [0.717, 1.165) is 6.20 Å². The van der Waals surface area contributed by atoms with Gasteiger partial charge in [-0.25, -0.2) is 22.5 Å². The number of carbonyl (C=O) groups is 2. The molecule has 9 nitrogen and oxygen atoms in total. The van der Waals surface area contributed by atoms with Crippen molar-refractivity contribution in [1.29, 1.82) is 0 Å². The van der Waals surface area contributed by atoms with Gasteiger partial charge < -0.3 is 15.6 Å². The lowest BCUT2D eigenvalue weighted by Crippen LogP contribution is -2.38. The van der Waals surface area contributed by atoms with Gasteiger partial charge in [-0.3, -0.25) is 9.59 Å². The topological polar surface area (TPSA) is 118 Å². The number of alkyl halides is 7. The Morgan fingerprint density at radius 2 is 1.88 bits per heavy atom. The first-order chi connectivity index (χ1) is 19.2. The number of halogens is 7. The number of H-pyrrole nitrogens is 1. The zero-order valence-corrected chi connectivity index (χ0v) is 21.8. The van der Waals surface area contributed by atoms with Crippen molar-refractivity contribution in [3.8, 4) is 0 Å². The fraction of sp³-hybridized carbons (Fsp3) is 0.560. The quantitative estimate of drug-likeness (QED) is 0.279. The molecule has 2 atom stereocenters. The summed E-state index contributed by atoms with van der Waals surface area (Å²) >= 11 is 0. The SMILES string of the molecule is C[C@@H](NC(=O)CCC(F)(F)F)c1ccc2nc([C@@H](NC(=O)c3cnn(CC(F)F)n3)C3CCC(F)(F)CC3)[nH]c2c1. The summed E-state index contributed by atoms with van der Waals surface area (Å²) in [6.07, 6.45) is -8.70. The minimum atomic E-state index is -4.45. The summed E-state index contributed by atoms with van der Waals surface area (Å²) in [6, 6.07) is 3.42. The fourth-order valence-corrected chi connectivity index (χ4v) is 4.75. The van der Waals surface area contributed by atoms with Crippen LogP contribution in [0.2, 0.25) is 0 Å². The normalized spacial score (nSPS) is 17.5. The highest BCUT2D eigenvalue weighted by Gasteiger charge is 2.39. The lowest BCUT2D eigenvalue weighted by Gasteiger charge is -2.33. The summed E-state index contributed by atoms with van der Waals surface area (Å²) in [5.41, 5.74) is 1.28. The number of nitrogens with zero attached hydrogens (tertiary/aromatic N) is 4. The first kappa shape index (κ1) is 30.2. The Kier molecular flexibility index (Phi) is 8.87. The minimum Gasteiger partial charge on any atom is -0.350 e. The van der Waals surface area contributed by atoms with Gasteiger partial charge in [-0.1, -0.05) is 6.07 Å². The Morgan fingerprint density at radius 3 is 2.54 bits per heavy atom. The number of fused-ring (bicyclic) bond motifs is 1. The molecule has 2 amide bonds. The molecule has 3 aromatic rings. The fourth-order valence-electron chi connectivity index (χ4n) is 4.75. The molecule has 41 heavy (non-hydrogen) atoms. The number of benzene rings is 1. The van der Waals surface area contributed by atoms with Crippen molar-refractivity contribution >= 4 is 22.8 Å². The Balaban J connectivity index is 1.54. The first-order valence-electron chi connectivity index (χ1n) is 12.9. The van der Waals surface area contributed by atoms with E-state index in [1.165, 1.54) is 0 Å². The van der Waals surface area contributed by atoms with Crippen molar-refractivity contribution < 1.29 is 40.3 Å². The van der Waals surface area contributed by atoms with E-state index in [9.17, 15) is 40.3 Å². The van der Waals surface area contributed by atoms with Crippen molar-refractivity contribution in [3.05, 3.63) is 41.5 Å². The highest BCUT2D eigenvalue weighted by molar-refractivity contribution is 5.92. The summed E-state index contributed by atoms with van der Waals surface area (Å²) in [7, 11) is 0. The number of amides is 2. The largest absolute Gasteiger partial charge is 0.389 e. The van der Waals surface area contributed by atoms with Crippen molar-refractivity contribution in [3.63, 3.8) is 0 Å². The third-order valence-corrected chi connectivity index (χ3v) is 6.92. The molecular formula is C25H28F7N7O2. The van der Waals surface area contributed by atoms with E-state index >= 15 is 0 Å². The molecule has 1 fully saturated rings. The Bertz CT molecular complexity index is 1360. The van der Waals surface area contributed by atoms with E-state index in [4.69, 9.17) is 0 Å². The lowest BCUT2D eigenvalue weighted by molar-refractivity contribution is -0.144. The predicted octanol–water partition coefficient (Wildman–Crippen LogP) is 5.24. The summed E-state index contributed by atoms with van der Waals surface area (Å²) in [4.78, 5) is 33.2. The highest BCUT2D eigenvalue weighted by atomic mass is 19.4. The van der Waals surface area contributed by atoms with Crippen molar-refractivity contribution in [1.82, 2.24) is 35.6 Å². The molecule has 0 bridgehead atoms. The molecule has 1 aliphatic carbocycles. The summed E-state index contributed by atoms with van der Waals surface area (Å²) in [6.45, 7) is 0.803. The van der Waals surface area contributed by atoms with Gasteiger partial charge in [0, 0.05) is 19.3 Å². The van der Waals surface area contributed by atoms with Gasteiger partial charge in [0.25, 0.3) is 12.3 Å². The molecular weight excluding hydrogens is 563 g/mol. The zero-order chi connectivity index (χ0) is 29.9. The van der Waals surface area contributed by atoms with Crippen molar-refractivity contribution in [2.24, 2.45) is 5.92 Å². The van der Waals surface area contributed by atoms with Gasteiger partial charge in [0.2, 0.25) is 11.8 Å². The van der Waals surface area contributed by atoms with Crippen LogP contribution in [0.3, 0.4) is 0 Å². The van der Waals surface area contributed by atoms with E-state index in [2.05, 4.69) is 30.8 Å². The maximum atomic E-state index is 13.9. The summed E-state index contributed by atoms with van der Waals surface area (Å²) in [5.74, 6) is -4.50. The second-order valence-corrected chi connectivity index (χ2v) is 10.1. The number of hydrogen-bond acceptors (Lipinski definition) is 5. The van der Waals surface area contributed by atoms with Crippen molar-refractivity contribution in [2.75, 3.05) is 0 Å². The Labute approximate surface area is 229 Å². The Hall–Kier alpha value is -3.72. The van der Waals surface area contributed by atoms with Gasteiger partial charge in [0.1, 0.15) is 12.4 Å². The first-order valence-corrected chi connectivity index (χ1v) is 12.9. The van der Waals surface area contributed by atoms with Gasteiger partial charge in [-0.2, -0.15) is 23.1 Å². The molecule has 0 aliphatic heterocycles. The maximum Gasteiger partial charge on any atom is 0.389 e. The van der Waals surface area contributed by atoms with Crippen LogP contribution in [-0.4, -0.2) is 55.3 Å². The van der Waals surface area contributed by atoms with Gasteiger partial charge >= 0.3 is 6.18 Å². The number of aromatic nitrogens is 5. The van der Waals surface area contributed by atoms with Gasteiger partial charge in [-0.05, 0) is 43.4 Å². The van der Waals surface area contributed by atoms with Gasteiger partial charge in [0.05, 0.1) is 35.7 Å². The van der Waals surface area contributed by atoms with Crippen LogP contribution in [0.4, 0.5) is 30.7 Å². The standard InChI is InChI=1S/C25H28F7N7O2/c1-13(34-20(40)6-9-25(30,31)32)15-2-3-16-17(10-15)36-22(35-16)21(14-4-7-24(28,29)8-5-14)37-23(41)18-11-33-39(38-18)12-19(26)27/h2-3,10-11,13-14,19,21H,4-9,12H2,1H3,(H,34,40)(H,35,36)(H,37,41)/t13-,21+/m1/s1. The van der Waals surface area contributed by atoms with E-state index in [0.29, 0.717) is 21.4 Å². The molecule has 0 unspecified atom stereocenters. The third-order valence-electron chi connectivity index (χ3n) is 6.92. The molecule has 1 aromatic carbocycles. The molecule has 16 heteroatoms. The van der Waals surface area contributed by atoms with E-state index in [-0.39, 0.29) is 37.2 Å². The average molecular weight is 592 g/mol. The zero-order valence-electron chi connectivity index (χ0n) is 21.8. The molecule has 0 saturated heterocycles. The highest BCUT2D eigenvalue weighted by Crippen LogP contribution is 2.41. The summed E-state index contributed by atoms with van der Waals surface area (Å²) in [5, 5.41) is 12.7. The molecule has 2 heterocycles. The molecule has 224 valence electrons. The number of imidazole rings is 1. The third kappa shape index (κ3) is 8.16. The smallest absolute Gasteiger partial charge is 0.350 e. The Morgan fingerprint density at radius 1 is 1.17 bits per heavy atom. The number of aromatic amines is 1. The molecule has 2 aromatic heterocycles. The van der Waals surface area contributed by atoms with Crippen LogP contribution in [0.25, 0.3) is 11.0 Å². The molecule has 0 radical (unpaired) electrons. The van der Waals surface area contributed by atoms with Crippen LogP contribution >= 0.6 is 0 Å². The molecule has 1 aliphatic rings. The van der Waals surface area contributed by atoms with E-state index in [1.54, 1.807) is 25.1 Å². The molecule has 3 N–H and O–H groups in total. The predicted molar refractivity (Wildman–Crippen MR) is 131 cm³/mol. The number of carbonyl (C=O) groups excluding carboxylic acids is 2. The van der Waals surface area contributed by atoms with Crippen LogP contribution in [0, 0.1) is 5.92 Å². The van der Waals surface area contributed by atoms with Crippen LogP contribution in [0.1, 0.15) is 79.4 Å². The van der Waals surface area contributed by atoms with Crippen LogP contribution in [-0.2, 0) is 11.3 Å². The van der Waals surface area contributed by atoms with Crippen molar-refractivity contribution in [2.45, 2.75) is 82.6 Å². The van der Waals surface area contributed by atoms with Crippen LogP contribution < -0.4 is 10.6 Å². The van der Waals surface area contributed by atoms with E-state index in [1.807, 2.05) is 0 Å². The molecule has 4 rings (SSSR count). The van der Waals surface area contributed by atoms with Gasteiger partial charge in [0.15, 0.2) is 5.69 Å². The second-order valence-electron chi connectivity index (χ2n) is 10.1. The van der Waals surface area contributed by atoms with E-state index < -0.39 is 67.7 Å². The minimum absolute atomic E-state index is 0.0826. The maximum absolute atomic E-state index is 13.9. The van der Waals surface area contributed by atoms with Crippen LogP contribution in [0.5, 0.6) is 0 Å². The lowest BCUT2D eigenvalue weighted by atomic mass is 9.81. The molecule has 0 spiro atoms. The average Bonchev–Trinajstić information content (AvgIpc) is 3.52. The van der Waals surface area contributed by atoms with Gasteiger partial charge in [-0.15, -0.1) is 5.10 Å².